The number of ether oxygens (including phenoxy) is 1. The molecule has 19 heavy (non-hydrogen) atoms. The van der Waals surface area contributed by atoms with Crippen LogP contribution in [0.1, 0.15) is 12.5 Å². The van der Waals surface area contributed by atoms with E-state index in [1.807, 2.05) is 30.3 Å². The minimum absolute atomic E-state index is 0.124. The third-order valence-electron chi connectivity index (χ3n) is 2.45. The van der Waals surface area contributed by atoms with Crippen molar-refractivity contribution < 1.29 is 19.8 Å². The normalized spacial score (nSPS) is 14.5. The zero-order chi connectivity index (χ0) is 14.3. The number of nitrogens with one attached hydrogen (secondary N) is 1. The van der Waals surface area contributed by atoms with Gasteiger partial charge < -0.3 is 26.1 Å². The Hall–Kier alpha value is -2.28. The van der Waals surface area contributed by atoms with E-state index in [9.17, 15) is 9.90 Å². The van der Waals surface area contributed by atoms with E-state index in [0.717, 1.165) is 5.56 Å². The zero-order valence-electron chi connectivity index (χ0n) is 10.5. The number of hydrogen-bond donors (Lipinski definition) is 4. The smallest absolute Gasteiger partial charge is 0.407 e. The van der Waals surface area contributed by atoms with Gasteiger partial charge in [0.25, 0.3) is 0 Å². The maximum Gasteiger partial charge on any atom is 0.407 e. The van der Waals surface area contributed by atoms with Gasteiger partial charge in [0.2, 0.25) is 0 Å². The van der Waals surface area contributed by atoms with E-state index < -0.39 is 18.2 Å². The van der Waals surface area contributed by atoms with Crippen molar-refractivity contribution in [3.05, 3.63) is 35.9 Å². The third kappa shape index (κ3) is 4.84. The number of carbonyl (C=O) groups is 1. The van der Waals surface area contributed by atoms with Gasteiger partial charge in [-0.2, -0.15) is 0 Å². The molecule has 0 aromatic heterocycles. The predicted molar refractivity (Wildman–Crippen MR) is 68.6 cm³/mol. The Labute approximate surface area is 110 Å². The van der Waals surface area contributed by atoms with Crippen LogP contribution in [-0.4, -0.2) is 34.4 Å². The number of rotatable bonds is 5. The highest BCUT2D eigenvalue weighted by Gasteiger charge is 2.21. The van der Waals surface area contributed by atoms with E-state index in [1.54, 1.807) is 0 Å². The molecule has 0 aliphatic rings. The summed E-state index contributed by atoms with van der Waals surface area (Å²) >= 11 is 0. The summed E-state index contributed by atoms with van der Waals surface area (Å²) in [6.45, 7) is 1.63. The Bertz CT molecular complexity index is 436. The van der Waals surface area contributed by atoms with Crippen molar-refractivity contribution in [3.63, 3.8) is 0 Å². The average Bonchev–Trinajstić information content (AvgIpc) is 2.44. The molecule has 1 aromatic carbocycles. The van der Waals surface area contributed by atoms with E-state index in [2.05, 4.69) is 10.5 Å². The van der Waals surface area contributed by atoms with Gasteiger partial charge in [-0.25, -0.2) is 4.79 Å². The number of benzene rings is 1. The molecule has 0 fully saturated rings. The fraction of sp³-hybridized carbons (Fsp3) is 0.333. The third-order valence-corrected chi connectivity index (χ3v) is 2.45. The average molecular weight is 267 g/mol. The first kappa shape index (κ1) is 14.8. The number of amides is 1. The number of hydrogen-bond acceptors (Lipinski definition) is 5. The second-order valence-corrected chi connectivity index (χ2v) is 3.96. The summed E-state index contributed by atoms with van der Waals surface area (Å²) in [5.41, 5.74) is 6.07. The number of oxime groups is 1. The van der Waals surface area contributed by atoms with Crippen LogP contribution in [0, 0.1) is 0 Å². The molecule has 7 nitrogen and oxygen atoms in total. The summed E-state index contributed by atoms with van der Waals surface area (Å²) in [7, 11) is 0. The zero-order valence-corrected chi connectivity index (χ0v) is 10.5. The van der Waals surface area contributed by atoms with Crippen molar-refractivity contribution in [1.82, 2.24) is 5.32 Å². The number of aliphatic hydroxyl groups is 1. The van der Waals surface area contributed by atoms with Crippen molar-refractivity contribution in [2.45, 2.75) is 25.7 Å². The molecule has 0 saturated heterocycles. The van der Waals surface area contributed by atoms with Gasteiger partial charge in [-0.3, -0.25) is 0 Å². The maximum absolute atomic E-state index is 11.5. The molecule has 104 valence electrons. The Morgan fingerprint density at radius 1 is 1.47 bits per heavy atom. The molecule has 0 heterocycles. The number of aliphatic hydroxyl groups excluding tert-OH is 1. The molecule has 0 spiro atoms. The van der Waals surface area contributed by atoms with Crippen LogP contribution in [0.2, 0.25) is 0 Å². The highest BCUT2D eigenvalue weighted by atomic mass is 16.5. The van der Waals surface area contributed by atoms with Crippen LogP contribution in [0.25, 0.3) is 0 Å². The lowest BCUT2D eigenvalue weighted by Crippen LogP contribution is -2.47. The summed E-state index contributed by atoms with van der Waals surface area (Å²) in [6, 6.07) is 8.44. The Balaban J connectivity index is 2.39. The summed E-state index contributed by atoms with van der Waals surface area (Å²) < 4.78 is 4.96. The van der Waals surface area contributed by atoms with Gasteiger partial charge >= 0.3 is 6.09 Å². The topological polar surface area (TPSA) is 117 Å². The van der Waals surface area contributed by atoms with E-state index in [-0.39, 0.29) is 12.4 Å². The number of nitrogens with two attached hydrogens (primary N) is 1. The van der Waals surface area contributed by atoms with Crippen molar-refractivity contribution in [2.24, 2.45) is 10.9 Å². The Kier molecular flexibility index (Phi) is 5.62. The second-order valence-electron chi connectivity index (χ2n) is 3.96. The molecule has 1 amide bonds. The van der Waals surface area contributed by atoms with E-state index >= 15 is 0 Å². The number of nitrogens with zero attached hydrogens (tertiary/aromatic N) is 1. The van der Waals surface area contributed by atoms with Gasteiger partial charge in [-0.15, -0.1) is 0 Å². The van der Waals surface area contributed by atoms with E-state index in [0.29, 0.717) is 0 Å². The Morgan fingerprint density at radius 3 is 2.68 bits per heavy atom. The molecule has 0 aliphatic heterocycles. The van der Waals surface area contributed by atoms with Crippen molar-refractivity contribution in [2.75, 3.05) is 0 Å². The molecule has 0 saturated carbocycles. The van der Waals surface area contributed by atoms with Gasteiger partial charge in [-0.1, -0.05) is 35.5 Å². The summed E-state index contributed by atoms with van der Waals surface area (Å²) in [5.74, 6) is -0.379. The van der Waals surface area contributed by atoms with Gasteiger partial charge in [0.1, 0.15) is 12.7 Å². The van der Waals surface area contributed by atoms with Gasteiger partial charge in [0, 0.05) is 0 Å². The second kappa shape index (κ2) is 7.22. The molecule has 1 unspecified atom stereocenters. The summed E-state index contributed by atoms with van der Waals surface area (Å²) in [6.07, 6.45) is -1.98. The maximum atomic E-state index is 11.5. The molecular formula is C12H17N3O4. The van der Waals surface area contributed by atoms with E-state index in [4.69, 9.17) is 15.7 Å². The number of amidine groups is 1. The van der Waals surface area contributed by atoms with Crippen LogP contribution in [0.15, 0.2) is 35.5 Å². The summed E-state index contributed by atoms with van der Waals surface area (Å²) in [4.78, 5) is 11.5. The molecule has 1 rings (SSSR count). The largest absolute Gasteiger partial charge is 0.445 e. The molecule has 7 heteroatoms. The van der Waals surface area contributed by atoms with Gasteiger partial charge in [0.05, 0.1) is 6.04 Å². The van der Waals surface area contributed by atoms with Crippen LogP contribution < -0.4 is 11.1 Å². The van der Waals surface area contributed by atoms with Crippen LogP contribution in [0.5, 0.6) is 0 Å². The lowest BCUT2D eigenvalue weighted by molar-refractivity contribution is 0.123. The molecule has 5 N–H and O–H groups in total. The summed E-state index contributed by atoms with van der Waals surface area (Å²) in [5, 5.41) is 23.0. The monoisotopic (exact) mass is 267 g/mol. The molecule has 0 aliphatic carbocycles. The van der Waals surface area contributed by atoms with Crippen molar-refractivity contribution >= 4 is 11.9 Å². The van der Waals surface area contributed by atoms with Crippen molar-refractivity contribution in [1.29, 1.82) is 0 Å². The highest BCUT2D eigenvalue weighted by Crippen LogP contribution is 2.01. The van der Waals surface area contributed by atoms with Gasteiger partial charge in [-0.05, 0) is 12.5 Å². The van der Waals surface area contributed by atoms with Crippen LogP contribution in [0.3, 0.4) is 0 Å². The fourth-order valence-electron chi connectivity index (χ4n) is 1.34. The lowest BCUT2D eigenvalue weighted by Gasteiger charge is -2.18. The van der Waals surface area contributed by atoms with Crippen LogP contribution >= 0.6 is 0 Å². The molecule has 0 radical (unpaired) electrons. The quantitative estimate of drug-likeness (QED) is 0.267. The standard InChI is InChI=1S/C12H17N3O4/c1-8(10(16)11(13)15-18)14-12(17)19-7-9-5-3-2-4-6-9/h2-6,8,10,16,18H,7H2,1H3,(H2,13,15)(H,14,17)/t8-,10?/m0/s1. The van der Waals surface area contributed by atoms with Crippen LogP contribution in [0.4, 0.5) is 4.79 Å². The molecule has 1 aromatic rings. The highest BCUT2D eigenvalue weighted by molar-refractivity contribution is 5.85. The van der Waals surface area contributed by atoms with Gasteiger partial charge in [0.15, 0.2) is 5.84 Å². The molecule has 0 bridgehead atoms. The SMILES string of the molecule is C[C@H](NC(=O)OCc1ccccc1)C(O)/C(N)=N/O. The fourth-order valence-corrected chi connectivity index (χ4v) is 1.34. The minimum Gasteiger partial charge on any atom is -0.445 e. The van der Waals surface area contributed by atoms with E-state index in [1.165, 1.54) is 6.92 Å². The first-order valence-electron chi connectivity index (χ1n) is 5.67. The first-order valence-corrected chi connectivity index (χ1v) is 5.67. The Morgan fingerprint density at radius 2 is 2.11 bits per heavy atom. The number of carbonyl (C=O) groups excluding carboxylic acids is 1. The van der Waals surface area contributed by atoms with Crippen LogP contribution in [-0.2, 0) is 11.3 Å². The molecular weight excluding hydrogens is 250 g/mol. The predicted octanol–water partition coefficient (Wildman–Crippen LogP) is 0.409. The minimum atomic E-state index is -1.28. The number of alkyl carbamates (subject to hydrolysis) is 1. The lowest BCUT2D eigenvalue weighted by atomic mass is 10.2. The van der Waals surface area contributed by atoms with Crippen molar-refractivity contribution in [3.8, 4) is 0 Å². The first-order chi connectivity index (χ1) is 9.04. The molecule has 2 atom stereocenters.